The van der Waals surface area contributed by atoms with Crippen LogP contribution >= 0.6 is 0 Å². The van der Waals surface area contributed by atoms with Crippen molar-refractivity contribution < 1.29 is 14.4 Å². The van der Waals surface area contributed by atoms with E-state index in [1.165, 1.54) is 12.1 Å². The number of benzene rings is 2. The van der Waals surface area contributed by atoms with E-state index in [4.69, 9.17) is 0 Å². The molecule has 1 aliphatic rings. The number of anilines is 1. The Morgan fingerprint density at radius 1 is 0.957 bits per heavy atom. The molecule has 0 radical (unpaired) electrons. The standard InChI is InChI=1S/C16H14N4O3/c1-18(2)11-7-9-12(10-8-11)20(23)17-19-15(21)13-5-3-4-6-14(13)16(19)22/h3-10H,1-2H3. The molecule has 0 atom stereocenters. The van der Waals surface area contributed by atoms with Crippen molar-refractivity contribution in [3.05, 3.63) is 64.9 Å². The van der Waals surface area contributed by atoms with Crippen LogP contribution in [0.1, 0.15) is 20.7 Å². The largest absolute Gasteiger partial charge is 0.691 e. The zero-order chi connectivity index (χ0) is 16.6. The fourth-order valence-corrected chi connectivity index (χ4v) is 2.27. The summed E-state index contributed by atoms with van der Waals surface area (Å²) in [5.74, 6) is -1.20. The summed E-state index contributed by atoms with van der Waals surface area (Å²) in [6.07, 6.45) is 0. The van der Waals surface area contributed by atoms with Gasteiger partial charge in [0.05, 0.1) is 11.1 Å². The van der Waals surface area contributed by atoms with E-state index in [2.05, 4.69) is 5.22 Å². The lowest BCUT2D eigenvalue weighted by atomic mass is 10.1. The Balaban J connectivity index is 1.90. The van der Waals surface area contributed by atoms with Gasteiger partial charge in [-0.3, -0.25) is 0 Å². The third-order valence-electron chi connectivity index (χ3n) is 3.53. The van der Waals surface area contributed by atoms with E-state index in [9.17, 15) is 14.8 Å². The predicted molar refractivity (Wildman–Crippen MR) is 83.4 cm³/mol. The molecule has 7 nitrogen and oxygen atoms in total. The molecule has 0 aliphatic carbocycles. The minimum absolute atomic E-state index is 0.229. The molecule has 23 heavy (non-hydrogen) atoms. The average molecular weight is 310 g/mol. The van der Waals surface area contributed by atoms with Gasteiger partial charge < -0.3 is 10.1 Å². The van der Waals surface area contributed by atoms with E-state index in [1.54, 1.807) is 36.4 Å². The van der Waals surface area contributed by atoms with E-state index >= 15 is 0 Å². The van der Waals surface area contributed by atoms with Crippen molar-refractivity contribution in [1.29, 1.82) is 0 Å². The van der Waals surface area contributed by atoms with Crippen LogP contribution in [0, 0.1) is 5.21 Å². The highest BCUT2D eigenvalue weighted by Crippen LogP contribution is 2.24. The molecule has 116 valence electrons. The monoisotopic (exact) mass is 310 g/mol. The number of hydrogen-bond acceptors (Lipinski definition) is 5. The van der Waals surface area contributed by atoms with Crippen LogP contribution in [0.15, 0.2) is 53.8 Å². The van der Waals surface area contributed by atoms with Crippen LogP contribution in [0.3, 0.4) is 0 Å². The van der Waals surface area contributed by atoms with E-state index < -0.39 is 11.8 Å². The molecule has 0 spiro atoms. The average Bonchev–Trinajstić information content (AvgIpc) is 2.80. The molecule has 0 fully saturated rings. The van der Waals surface area contributed by atoms with Crippen LogP contribution in [0.25, 0.3) is 0 Å². The second kappa shape index (κ2) is 5.53. The van der Waals surface area contributed by atoms with Gasteiger partial charge in [-0.25, -0.2) is 9.59 Å². The topological polar surface area (TPSA) is 79.1 Å². The first kappa shape index (κ1) is 14.7. The second-order valence-corrected chi connectivity index (χ2v) is 5.24. The Morgan fingerprint density at radius 3 is 1.96 bits per heavy atom. The lowest BCUT2D eigenvalue weighted by Gasteiger charge is -2.13. The SMILES string of the molecule is CN(C)c1ccc([N+]([O-])=NN2C(=O)c3ccccc3C2=O)cc1. The second-order valence-electron chi connectivity index (χ2n) is 5.24. The number of carbonyl (C=O) groups excluding carboxylic acids is 2. The first-order chi connectivity index (χ1) is 11.0. The molecule has 2 aromatic carbocycles. The van der Waals surface area contributed by atoms with Gasteiger partial charge in [0, 0.05) is 19.8 Å². The van der Waals surface area contributed by atoms with Crippen LogP contribution < -0.4 is 4.90 Å². The fourth-order valence-electron chi connectivity index (χ4n) is 2.27. The molecule has 0 aromatic heterocycles. The van der Waals surface area contributed by atoms with Gasteiger partial charge in [-0.2, -0.15) is 0 Å². The normalized spacial score (nSPS) is 14.2. The van der Waals surface area contributed by atoms with E-state index in [-0.39, 0.29) is 21.7 Å². The fraction of sp³-hybridized carbons (Fsp3) is 0.125. The summed E-state index contributed by atoms with van der Waals surface area (Å²) >= 11 is 0. The Labute approximate surface area is 132 Å². The molecule has 0 saturated heterocycles. The Kier molecular flexibility index (Phi) is 3.53. The molecular formula is C16H14N4O3. The van der Waals surface area contributed by atoms with Gasteiger partial charge in [-0.1, -0.05) is 12.1 Å². The van der Waals surface area contributed by atoms with Crippen LogP contribution in [0.5, 0.6) is 0 Å². The van der Waals surface area contributed by atoms with Crippen molar-refractivity contribution in [3.63, 3.8) is 0 Å². The molecule has 1 aliphatic heterocycles. The van der Waals surface area contributed by atoms with Crippen molar-refractivity contribution in [2.45, 2.75) is 0 Å². The molecule has 0 saturated carbocycles. The summed E-state index contributed by atoms with van der Waals surface area (Å²) in [7, 11) is 3.76. The summed E-state index contributed by atoms with van der Waals surface area (Å²) in [6, 6.07) is 13.0. The molecular weight excluding hydrogens is 296 g/mol. The molecule has 7 heteroatoms. The van der Waals surface area contributed by atoms with Crippen LogP contribution in [-0.2, 0) is 0 Å². The third-order valence-corrected chi connectivity index (χ3v) is 3.53. The molecule has 2 amide bonds. The zero-order valence-corrected chi connectivity index (χ0v) is 12.6. The highest BCUT2D eigenvalue weighted by atomic mass is 16.5. The molecule has 1 heterocycles. The Hall–Kier alpha value is -3.22. The van der Waals surface area contributed by atoms with Gasteiger partial charge in [0.25, 0.3) is 0 Å². The minimum Gasteiger partial charge on any atom is -0.691 e. The summed E-state index contributed by atoms with van der Waals surface area (Å²) in [6.45, 7) is 0. The maximum Gasteiger partial charge on any atom is 0.370 e. The third kappa shape index (κ3) is 2.52. The van der Waals surface area contributed by atoms with Crippen LogP contribution in [0.4, 0.5) is 11.4 Å². The Bertz CT molecular complexity index is 777. The number of imide groups is 1. The maximum atomic E-state index is 12.2. The number of fused-ring (bicyclic) bond motifs is 1. The minimum atomic E-state index is -0.601. The van der Waals surface area contributed by atoms with E-state index in [1.807, 2.05) is 19.0 Å². The summed E-state index contributed by atoms with van der Waals surface area (Å²) in [5, 5.41) is 16.3. The lowest BCUT2D eigenvalue weighted by Crippen LogP contribution is -2.25. The quantitative estimate of drug-likeness (QED) is 0.378. The molecule has 0 bridgehead atoms. The highest BCUT2D eigenvalue weighted by molar-refractivity contribution is 6.20. The zero-order valence-electron chi connectivity index (χ0n) is 12.6. The number of rotatable bonds is 3. The smallest absolute Gasteiger partial charge is 0.370 e. The van der Waals surface area contributed by atoms with E-state index in [0.29, 0.717) is 5.01 Å². The highest BCUT2D eigenvalue weighted by Gasteiger charge is 2.43. The molecule has 0 N–H and O–H groups in total. The molecule has 0 unspecified atom stereocenters. The van der Waals surface area contributed by atoms with Gasteiger partial charge in [-0.15, -0.1) is 4.86 Å². The number of nitrogens with zero attached hydrogens (tertiary/aromatic N) is 4. The number of carbonyl (C=O) groups is 2. The van der Waals surface area contributed by atoms with Crippen LogP contribution in [0.2, 0.25) is 0 Å². The van der Waals surface area contributed by atoms with E-state index in [0.717, 1.165) is 5.69 Å². The van der Waals surface area contributed by atoms with Crippen molar-refractivity contribution in [2.75, 3.05) is 19.0 Å². The van der Waals surface area contributed by atoms with Crippen LogP contribution in [-0.4, -0.2) is 35.8 Å². The van der Waals surface area contributed by atoms with Gasteiger partial charge in [-0.05, 0) is 41.4 Å². The van der Waals surface area contributed by atoms with Gasteiger partial charge in [0.2, 0.25) is 0 Å². The first-order valence-corrected chi connectivity index (χ1v) is 6.93. The summed E-state index contributed by atoms with van der Waals surface area (Å²) in [4.78, 5) is 26.5. The lowest BCUT2D eigenvalue weighted by molar-refractivity contribution is -0.455. The summed E-state index contributed by atoms with van der Waals surface area (Å²) in [5.41, 5.74) is 1.64. The summed E-state index contributed by atoms with van der Waals surface area (Å²) < 4.78 is 0. The maximum absolute atomic E-state index is 12.2. The predicted octanol–water partition coefficient (Wildman–Crippen LogP) is 2.56. The van der Waals surface area contributed by atoms with Crippen molar-refractivity contribution >= 4 is 23.2 Å². The van der Waals surface area contributed by atoms with Gasteiger partial charge in [0.15, 0.2) is 5.69 Å². The molecule has 2 aromatic rings. The van der Waals surface area contributed by atoms with Gasteiger partial charge >= 0.3 is 11.8 Å². The number of amides is 2. The van der Waals surface area contributed by atoms with Crippen molar-refractivity contribution in [1.82, 2.24) is 5.01 Å². The van der Waals surface area contributed by atoms with Gasteiger partial charge in [0.1, 0.15) is 5.22 Å². The molecule has 3 rings (SSSR count). The van der Waals surface area contributed by atoms with Crippen molar-refractivity contribution in [2.24, 2.45) is 5.22 Å². The number of hydrogen-bond donors (Lipinski definition) is 0. The van der Waals surface area contributed by atoms with Crippen molar-refractivity contribution in [3.8, 4) is 0 Å². The first-order valence-electron chi connectivity index (χ1n) is 6.93. The Morgan fingerprint density at radius 2 is 1.48 bits per heavy atom.